The van der Waals surface area contributed by atoms with Gasteiger partial charge in [-0.2, -0.15) is 0 Å². The molecule has 0 aliphatic heterocycles. The van der Waals surface area contributed by atoms with E-state index in [1.807, 2.05) is 0 Å². The molecule has 0 aromatic rings. The Morgan fingerprint density at radius 3 is 0.364 bits per heavy atom. The molecule has 0 aliphatic rings. The number of rotatable bonds is 0. The largest absolute Gasteiger partial charge is 3.00 e. The standard InChI is InChI=1S/Al.Cu.5NO3/c;;5*2-1(3)4/q+3;+2;5*-1. The molecule has 0 aliphatic carbocycles. The molecule has 1 radical (unpaired) electrons. The van der Waals surface area contributed by atoms with E-state index in [0.29, 0.717) is 0 Å². The summed E-state index contributed by atoms with van der Waals surface area (Å²) < 4.78 is 0. The molecule has 0 aromatic heterocycles. The Balaban J connectivity index is -0.0000000250. The molecule has 129 valence electrons. The van der Waals surface area contributed by atoms with Gasteiger partial charge in [-0.25, -0.2) is 0 Å². The molecule has 0 unspecified atom stereocenters. The molecule has 20 nitrogen and oxygen atoms in total. The van der Waals surface area contributed by atoms with Gasteiger partial charge in [-0.3, -0.25) is 0 Å². The summed E-state index contributed by atoms with van der Waals surface area (Å²) >= 11 is 0. The second-order valence-corrected chi connectivity index (χ2v) is 1.12. The van der Waals surface area contributed by atoms with Gasteiger partial charge >= 0.3 is 34.4 Å². The first-order valence-corrected chi connectivity index (χ1v) is 2.74. The average Bonchev–Trinajstić information content (AvgIpc) is 1.94. The minimum atomic E-state index is -1.75. The van der Waals surface area contributed by atoms with Crippen LogP contribution in [0.5, 0.6) is 0 Å². The Labute approximate surface area is 137 Å². The molecular weight excluding hydrogens is 401 g/mol. The zero-order valence-corrected chi connectivity index (χ0v) is 11.3. The summed E-state index contributed by atoms with van der Waals surface area (Å²) in [5.41, 5.74) is 0. The Bertz CT molecular complexity index is 213. The maximum atomic E-state index is 8.25. The van der Waals surface area contributed by atoms with Gasteiger partial charge in [0.1, 0.15) is 0 Å². The Kier molecular flexibility index (Phi) is 70.2. The average molecular weight is 401 g/mol. The van der Waals surface area contributed by atoms with E-state index in [1.165, 1.54) is 0 Å². The fraction of sp³-hybridized carbons (Fsp3) is 0. The maximum Gasteiger partial charge on any atom is 3.00 e. The van der Waals surface area contributed by atoms with Crippen LogP contribution in [0, 0.1) is 76.6 Å². The predicted molar refractivity (Wildman–Crippen MR) is 57.6 cm³/mol. The van der Waals surface area contributed by atoms with E-state index in [9.17, 15) is 0 Å². The minimum absolute atomic E-state index is 0. The number of hydrogen-bond donors (Lipinski definition) is 0. The zero-order valence-electron chi connectivity index (χ0n) is 9.24. The summed E-state index contributed by atoms with van der Waals surface area (Å²) in [5.74, 6) is 0. The fourth-order valence-electron chi connectivity index (χ4n) is 0. The van der Waals surface area contributed by atoms with Crippen molar-refractivity contribution in [2.45, 2.75) is 0 Å². The first-order chi connectivity index (χ1) is 8.66. The molecule has 0 atom stereocenters. The van der Waals surface area contributed by atoms with Gasteiger partial charge in [0, 0.05) is 0 Å². The first-order valence-electron chi connectivity index (χ1n) is 2.74. The van der Waals surface area contributed by atoms with Gasteiger partial charge in [0.05, 0.1) is 25.4 Å². The molecule has 0 aromatic carbocycles. The number of hydrogen-bond acceptors (Lipinski definition) is 15. The van der Waals surface area contributed by atoms with Crippen molar-refractivity contribution in [3.8, 4) is 0 Å². The molecule has 0 heterocycles. The summed E-state index contributed by atoms with van der Waals surface area (Å²) in [4.78, 5) is 41.2. The molecular formula is AlCuN5O15. The molecule has 0 amide bonds. The van der Waals surface area contributed by atoms with E-state index in [-0.39, 0.29) is 34.4 Å². The third-order valence-corrected chi connectivity index (χ3v) is 0. The third-order valence-electron chi connectivity index (χ3n) is 0. The van der Waals surface area contributed by atoms with Crippen LogP contribution in [0.3, 0.4) is 0 Å². The third kappa shape index (κ3) is 506. The van der Waals surface area contributed by atoms with Gasteiger partial charge in [-0.1, -0.05) is 0 Å². The summed E-state index contributed by atoms with van der Waals surface area (Å²) in [6.45, 7) is 0. The van der Waals surface area contributed by atoms with E-state index in [4.69, 9.17) is 76.6 Å². The van der Waals surface area contributed by atoms with Crippen molar-refractivity contribution in [3.63, 3.8) is 0 Å². The molecule has 22 heteroatoms. The molecule has 0 N–H and O–H groups in total. The molecule has 0 fully saturated rings. The van der Waals surface area contributed by atoms with Gasteiger partial charge in [0.25, 0.3) is 0 Å². The SMILES string of the molecule is O=[N+]([O-])[O-].O=[N+]([O-])[O-].O=[N+]([O-])[O-].O=[N+]([O-])[O-].O=[N+]([O-])[O-].[Al+3].[Cu+2]. The smallest absolute Gasteiger partial charge is 0.356 e. The van der Waals surface area contributed by atoms with Crippen LogP contribution in [-0.2, 0) is 17.1 Å². The van der Waals surface area contributed by atoms with Crippen LogP contribution >= 0.6 is 0 Å². The van der Waals surface area contributed by atoms with E-state index in [2.05, 4.69) is 0 Å². The maximum absolute atomic E-state index is 8.25. The normalized spacial score (nSPS) is 5.45. The van der Waals surface area contributed by atoms with Crippen LogP contribution < -0.4 is 0 Å². The van der Waals surface area contributed by atoms with E-state index >= 15 is 0 Å². The zero-order chi connectivity index (χ0) is 17.9. The molecule has 0 saturated heterocycles. The Morgan fingerprint density at radius 1 is 0.364 bits per heavy atom. The van der Waals surface area contributed by atoms with Crippen LogP contribution in [0.15, 0.2) is 0 Å². The van der Waals surface area contributed by atoms with E-state index < -0.39 is 25.4 Å². The fourth-order valence-corrected chi connectivity index (χ4v) is 0. The second-order valence-electron chi connectivity index (χ2n) is 1.12. The topological polar surface area (TPSA) is 331 Å². The molecule has 0 bridgehead atoms. The van der Waals surface area contributed by atoms with Gasteiger partial charge in [-0.15, -0.1) is 0 Å². The van der Waals surface area contributed by atoms with Crippen LogP contribution in [0.2, 0.25) is 0 Å². The molecule has 0 rings (SSSR count). The molecule has 0 saturated carbocycles. The van der Waals surface area contributed by atoms with E-state index in [0.717, 1.165) is 0 Å². The quantitative estimate of drug-likeness (QED) is 0.251. The summed E-state index contributed by atoms with van der Waals surface area (Å²) in [5, 5.41) is 73.8. The van der Waals surface area contributed by atoms with Crippen molar-refractivity contribution in [1.29, 1.82) is 0 Å². The van der Waals surface area contributed by atoms with Crippen LogP contribution in [0.4, 0.5) is 0 Å². The second kappa shape index (κ2) is 36.1. The van der Waals surface area contributed by atoms with Crippen molar-refractivity contribution in [3.05, 3.63) is 76.6 Å². The van der Waals surface area contributed by atoms with Gasteiger partial charge < -0.3 is 76.6 Å². The summed E-state index contributed by atoms with van der Waals surface area (Å²) in [7, 11) is 0. The molecule has 0 spiro atoms. The van der Waals surface area contributed by atoms with Gasteiger partial charge in [0.15, 0.2) is 0 Å². The van der Waals surface area contributed by atoms with Crippen molar-refractivity contribution in [1.82, 2.24) is 0 Å². The van der Waals surface area contributed by atoms with Crippen molar-refractivity contribution < 1.29 is 42.5 Å². The summed E-state index contributed by atoms with van der Waals surface area (Å²) in [6.07, 6.45) is 0. The van der Waals surface area contributed by atoms with E-state index in [1.54, 1.807) is 0 Å². The van der Waals surface area contributed by atoms with Gasteiger partial charge in [0.2, 0.25) is 0 Å². The Morgan fingerprint density at radius 2 is 0.364 bits per heavy atom. The molecule has 22 heavy (non-hydrogen) atoms. The van der Waals surface area contributed by atoms with Crippen molar-refractivity contribution in [2.24, 2.45) is 0 Å². The monoisotopic (exact) mass is 400 g/mol. The first kappa shape index (κ1) is 42.7. The van der Waals surface area contributed by atoms with Crippen LogP contribution in [0.25, 0.3) is 0 Å². The summed E-state index contributed by atoms with van der Waals surface area (Å²) in [6, 6.07) is 0. The Hall–Kier alpha value is -2.95. The van der Waals surface area contributed by atoms with Crippen LogP contribution in [-0.4, -0.2) is 42.8 Å². The van der Waals surface area contributed by atoms with Crippen LogP contribution in [0.1, 0.15) is 0 Å². The van der Waals surface area contributed by atoms with Crippen molar-refractivity contribution in [2.75, 3.05) is 0 Å². The van der Waals surface area contributed by atoms with Crippen molar-refractivity contribution >= 4 is 17.4 Å². The predicted octanol–water partition coefficient (Wildman–Crippen LogP) is -1.58. The number of nitrogens with zero attached hydrogens (tertiary/aromatic N) is 5. The van der Waals surface area contributed by atoms with Gasteiger partial charge in [-0.05, 0) is 0 Å². The minimum Gasteiger partial charge on any atom is -0.356 e.